The number of nitrogen functional groups attached to an aromatic ring is 1. The number of aromatic nitrogens is 1. The molecule has 1 aliphatic heterocycles. The van der Waals surface area contributed by atoms with Crippen molar-refractivity contribution in [3.8, 4) is 0 Å². The van der Waals surface area contributed by atoms with E-state index < -0.39 is 0 Å². The van der Waals surface area contributed by atoms with Crippen molar-refractivity contribution in [2.45, 2.75) is 36.5 Å². The molecule has 1 atom stereocenters. The standard InChI is InChI=1S/C13H19N3OS/c1-10(13(17)16-7-3-2-4-8-16)18-12-6-5-11(14)9-15-12/h5-6,9-10H,2-4,7-8,14H2,1H3. The van der Waals surface area contributed by atoms with Crippen molar-refractivity contribution >= 4 is 23.4 Å². The second kappa shape index (κ2) is 6.09. The van der Waals surface area contributed by atoms with Crippen LogP contribution < -0.4 is 5.73 Å². The van der Waals surface area contributed by atoms with Gasteiger partial charge in [-0.25, -0.2) is 4.98 Å². The molecule has 2 heterocycles. The van der Waals surface area contributed by atoms with Gasteiger partial charge in [-0.2, -0.15) is 0 Å². The van der Waals surface area contributed by atoms with E-state index >= 15 is 0 Å². The summed E-state index contributed by atoms with van der Waals surface area (Å²) in [6, 6.07) is 3.67. The first kappa shape index (κ1) is 13.2. The van der Waals surface area contributed by atoms with Gasteiger partial charge in [0, 0.05) is 13.1 Å². The van der Waals surface area contributed by atoms with Crippen LogP contribution in [0.15, 0.2) is 23.4 Å². The van der Waals surface area contributed by atoms with E-state index in [0.29, 0.717) is 5.69 Å². The highest BCUT2D eigenvalue weighted by Crippen LogP contribution is 2.24. The van der Waals surface area contributed by atoms with Gasteiger partial charge in [-0.05, 0) is 38.3 Å². The number of nitrogens with two attached hydrogens (primary N) is 1. The molecule has 1 aliphatic rings. The molecule has 5 heteroatoms. The maximum atomic E-state index is 12.2. The minimum atomic E-state index is -0.0841. The fraction of sp³-hybridized carbons (Fsp3) is 0.538. The Hall–Kier alpha value is -1.23. The van der Waals surface area contributed by atoms with Gasteiger partial charge in [-0.1, -0.05) is 11.8 Å². The van der Waals surface area contributed by atoms with Gasteiger partial charge in [0.1, 0.15) is 0 Å². The summed E-state index contributed by atoms with van der Waals surface area (Å²) < 4.78 is 0. The van der Waals surface area contributed by atoms with E-state index in [9.17, 15) is 4.79 Å². The summed E-state index contributed by atoms with van der Waals surface area (Å²) >= 11 is 1.50. The molecule has 18 heavy (non-hydrogen) atoms. The quantitative estimate of drug-likeness (QED) is 0.851. The lowest BCUT2D eigenvalue weighted by Gasteiger charge is -2.28. The summed E-state index contributed by atoms with van der Waals surface area (Å²) in [6.45, 7) is 3.75. The lowest BCUT2D eigenvalue weighted by molar-refractivity contribution is -0.131. The largest absolute Gasteiger partial charge is 0.397 e. The molecule has 1 saturated heterocycles. The number of rotatable bonds is 3. The lowest BCUT2D eigenvalue weighted by atomic mass is 10.1. The normalized spacial score (nSPS) is 17.5. The molecule has 2 rings (SSSR count). The Morgan fingerprint density at radius 2 is 2.11 bits per heavy atom. The van der Waals surface area contributed by atoms with Crippen LogP contribution in [0.3, 0.4) is 0 Å². The zero-order valence-corrected chi connectivity index (χ0v) is 11.4. The van der Waals surface area contributed by atoms with Crippen molar-refractivity contribution in [1.82, 2.24) is 9.88 Å². The molecule has 4 nitrogen and oxygen atoms in total. The van der Waals surface area contributed by atoms with Crippen LogP contribution in [0.1, 0.15) is 26.2 Å². The summed E-state index contributed by atoms with van der Waals surface area (Å²) in [5, 5.41) is 0.765. The van der Waals surface area contributed by atoms with Crippen LogP contribution in [0.5, 0.6) is 0 Å². The Bertz CT molecular complexity index is 401. The second-order valence-corrected chi connectivity index (χ2v) is 5.94. The number of amides is 1. The fourth-order valence-corrected chi connectivity index (χ4v) is 2.94. The summed E-state index contributed by atoms with van der Waals surface area (Å²) in [5.74, 6) is 0.221. The molecule has 1 aromatic rings. The number of likely N-dealkylation sites (tertiary alicyclic amines) is 1. The zero-order valence-electron chi connectivity index (χ0n) is 10.6. The van der Waals surface area contributed by atoms with Gasteiger partial charge in [0.2, 0.25) is 5.91 Å². The molecule has 0 aliphatic carbocycles. The third-order valence-corrected chi connectivity index (χ3v) is 4.11. The van der Waals surface area contributed by atoms with E-state index in [1.54, 1.807) is 6.20 Å². The van der Waals surface area contributed by atoms with Crippen molar-refractivity contribution in [1.29, 1.82) is 0 Å². The van der Waals surface area contributed by atoms with Gasteiger partial charge < -0.3 is 10.6 Å². The predicted octanol–water partition coefficient (Wildman–Crippen LogP) is 2.16. The highest BCUT2D eigenvalue weighted by molar-refractivity contribution is 8.00. The van der Waals surface area contributed by atoms with Crippen molar-refractivity contribution in [2.24, 2.45) is 0 Å². The first-order valence-electron chi connectivity index (χ1n) is 6.34. The second-order valence-electron chi connectivity index (χ2n) is 4.58. The number of anilines is 1. The van der Waals surface area contributed by atoms with Gasteiger partial charge in [-0.15, -0.1) is 0 Å². The number of carbonyl (C=O) groups excluding carboxylic acids is 1. The minimum Gasteiger partial charge on any atom is -0.397 e. The van der Waals surface area contributed by atoms with Gasteiger partial charge >= 0.3 is 0 Å². The molecule has 0 aromatic carbocycles. The van der Waals surface area contributed by atoms with E-state index in [1.807, 2.05) is 24.0 Å². The Kier molecular flexibility index (Phi) is 4.47. The first-order valence-corrected chi connectivity index (χ1v) is 7.22. The Morgan fingerprint density at radius 3 is 2.72 bits per heavy atom. The molecule has 2 N–H and O–H groups in total. The van der Waals surface area contributed by atoms with Crippen molar-refractivity contribution in [2.75, 3.05) is 18.8 Å². The summed E-state index contributed by atoms with van der Waals surface area (Å²) in [7, 11) is 0. The van der Waals surface area contributed by atoms with E-state index in [4.69, 9.17) is 5.73 Å². The molecule has 0 radical (unpaired) electrons. The van der Waals surface area contributed by atoms with E-state index in [0.717, 1.165) is 31.0 Å². The van der Waals surface area contributed by atoms with Gasteiger partial charge in [0.05, 0.1) is 22.2 Å². The van der Waals surface area contributed by atoms with E-state index in [1.165, 1.54) is 18.2 Å². The molecule has 1 fully saturated rings. The predicted molar refractivity (Wildman–Crippen MR) is 74.4 cm³/mol. The molecule has 0 spiro atoms. The monoisotopic (exact) mass is 265 g/mol. The third-order valence-electron chi connectivity index (χ3n) is 3.07. The summed E-state index contributed by atoms with van der Waals surface area (Å²) in [6.07, 6.45) is 5.12. The van der Waals surface area contributed by atoms with Crippen LogP contribution in [-0.2, 0) is 4.79 Å². The van der Waals surface area contributed by atoms with Crippen LogP contribution >= 0.6 is 11.8 Å². The number of pyridine rings is 1. The highest BCUT2D eigenvalue weighted by Gasteiger charge is 2.23. The summed E-state index contributed by atoms with van der Waals surface area (Å²) in [5.41, 5.74) is 6.23. The Morgan fingerprint density at radius 1 is 1.39 bits per heavy atom. The molecule has 1 amide bonds. The minimum absolute atomic E-state index is 0.0841. The third kappa shape index (κ3) is 3.38. The maximum Gasteiger partial charge on any atom is 0.235 e. The SMILES string of the molecule is CC(Sc1ccc(N)cn1)C(=O)N1CCCCC1. The topological polar surface area (TPSA) is 59.2 Å². The maximum absolute atomic E-state index is 12.2. The van der Waals surface area contributed by atoms with E-state index in [2.05, 4.69) is 4.98 Å². The smallest absolute Gasteiger partial charge is 0.235 e. The van der Waals surface area contributed by atoms with Crippen LogP contribution in [-0.4, -0.2) is 34.1 Å². The molecule has 98 valence electrons. The van der Waals surface area contributed by atoms with E-state index in [-0.39, 0.29) is 11.2 Å². The van der Waals surface area contributed by atoms with Crippen LogP contribution in [0.4, 0.5) is 5.69 Å². The number of nitrogens with zero attached hydrogens (tertiary/aromatic N) is 2. The molecule has 1 aromatic heterocycles. The van der Waals surface area contributed by atoms with Crippen molar-refractivity contribution < 1.29 is 4.79 Å². The molecule has 1 unspecified atom stereocenters. The number of thioether (sulfide) groups is 1. The van der Waals surface area contributed by atoms with Crippen molar-refractivity contribution in [3.63, 3.8) is 0 Å². The number of hydrogen-bond donors (Lipinski definition) is 1. The average Bonchev–Trinajstić information content (AvgIpc) is 2.41. The Balaban J connectivity index is 1.92. The van der Waals surface area contributed by atoms with Crippen molar-refractivity contribution in [3.05, 3.63) is 18.3 Å². The van der Waals surface area contributed by atoms with Crippen LogP contribution in [0.2, 0.25) is 0 Å². The zero-order chi connectivity index (χ0) is 13.0. The molecular weight excluding hydrogens is 246 g/mol. The van der Waals surface area contributed by atoms with Crippen LogP contribution in [0, 0.1) is 0 Å². The van der Waals surface area contributed by atoms with Gasteiger partial charge in [0.15, 0.2) is 0 Å². The van der Waals surface area contributed by atoms with Gasteiger partial charge in [-0.3, -0.25) is 4.79 Å². The number of piperidine rings is 1. The molecular formula is C13H19N3OS. The fourth-order valence-electron chi connectivity index (χ4n) is 2.06. The van der Waals surface area contributed by atoms with Gasteiger partial charge in [0.25, 0.3) is 0 Å². The number of carbonyl (C=O) groups is 1. The molecule has 0 bridgehead atoms. The highest BCUT2D eigenvalue weighted by atomic mass is 32.2. The molecule has 0 saturated carbocycles. The lowest BCUT2D eigenvalue weighted by Crippen LogP contribution is -2.40. The van der Waals surface area contributed by atoms with Crippen LogP contribution in [0.25, 0.3) is 0 Å². The Labute approximate surface area is 112 Å². The average molecular weight is 265 g/mol. The first-order chi connectivity index (χ1) is 8.66. The number of hydrogen-bond acceptors (Lipinski definition) is 4. The summed E-state index contributed by atoms with van der Waals surface area (Å²) in [4.78, 5) is 18.4.